The van der Waals surface area contributed by atoms with Crippen LogP contribution >= 0.6 is 0 Å². The first-order valence-corrected chi connectivity index (χ1v) is 10.2. The number of amides is 1. The number of carboxylic acids is 1. The summed E-state index contributed by atoms with van der Waals surface area (Å²) in [6.45, 7) is 3.49. The normalized spacial score (nSPS) is 12.8. The van der Waals surface area contributed by atoms with Crippen LogP contribution in [0, 0.1) is 0 Å². The number of benzene rings is 2. The Bertz CT molecular complexity index is 1120. The summed E-state index contributed by atoms with van der Waals surface area (Å²) in [5.41, 5.74) is 1.47. The van der Waals surface area contributed by atoms with Crippen molar-refractivity contribution in [2.24, 2.45) is 0 Å². The Balaban J connectivity index is 1.80. The highest BCUT2D eigenvalue weighted by Gasteiger charge is 2.23. The zero-order valence-corrected chi connectivity index (χ0v) is 17.5. The van der Waals surface area contributed by atoms with Crippen LogP contribution in [0.25, 0.3) is 22.1 Å². The van der Waals surface area contributed by atoms with Crippen molar-refractivity contribution in [3.63, 3.8) is 0 Å². The lowest BCUT2D eigenvalue weighted by molar-refractivity contribution is -0.143. The molecule has 162 valence electrons. The lowest BCUT2D eigenvalue weighted by Crippen LogP contribution is -2.46. The molecule has 1 unspecified atom stereocenters. The van der Waals surface area contributed by atoms with E-state index in [2.05, 4.69) is 5.32 Å². The van der Waals surface area contributed by atoms with Crippen LogP contribution in [-0.4, -0.2) is 29.1 Å². The predicted molar refractivity (Wildman–Crippen MR) is 117 cm³/mol. The van der Waals surface area contributed by atoms with Crippen molar-refractivity contribution < 1.29 is 23.8 Å². The van der Waals surface area contributed by atoms with Gasteiger partial charge < -0.3 is 19.6 Å². The Morgan fingerprint density at radius 1 is 1.13 bits per heavy atom. The molecule has 0 fully saturated rings. The third kappa shape index (κ3) is 5.51. The highest BCUT2D eigenvalue weighted by molar-refractivity contribution is 5.94. The fourth-order valence-corrected chi connectivity index (χ4v) is 3.29. The van der Waals surface area contributed by atoms with Gasteiger partial charge in [0.2, 0.25) is 0 Å². The van der Waals surface area contributed by atoms with Gasteiger partial charge in [0.25, 0.3) is 5.91 Å². The van der Waals surface area contributed by atoms with E-state index in [0.29, 0.717) is 24.2 Å². The maximum atomic E-state index is 12.4. The zero-order chi connectivity index (χ0) is 22.4. The van der Waals surface area contributed by atoms with Crippen molar-refractivity contribution >= 4 is 22.8 Å². The number of nitrogens with one attached hydrogen (secondary N) is 1. The molecule has 0 saturated carbocycles. The minimum atomic E-state index is -1.07. The minimum absolute atomic E-state index is 0.336. The van der Waals surface area contributed by atoms with E-state index in [9.17, 15) is 19.5 Å². The first-order valence-electron chi connectivity index (χ1n) is 10.2. The van der Waals surface area contributed by atoms with Crippen LogP contribution in [0.5, 0.6) is 5.75 Å². The minimum Gasteiger partial charge on any atom is -0.481 e. The molecular weight excluding hydrogens is 398 g/mol. The summed E-state index contributed by atoms with van der Waals surface area (Å²) in [6, 6.07) is 15.0. The van der Waals surface area contributed by atoms with E-state index in [0.717, 1.165) is 22.9 Å². The van der Waals surface area contributed by atoms with Crippen LogP contribution in [0.3, 0.4) is 0 Å². The molecule has 0 aliphatic carbocycles. The van der Waals surface area contributed by atoms with E-state index in [1.807, 2.05) is 37.3 Å². The third-order valence-corrected chi connectivity index (χ3v) is 4.94. The SMILES string of the molecule is CCCC[C@@H](NC(=O)C(C)Oc1ccc2c(-c3ccccc3)cc(=O)oc2c1)C(=O)O. The summed E-state index contributed by atoms with van der Waals surface area (Å²) in [5.74, 6) is -1.26. The number of carboxylic acid groups (broad SMARTS) is 1. The molecule has 2 atom stereocenters. The molecule has 0 bridgehead atoms. The summed E-state index contributed by atoms with van der Waals surface area (Å²) in [5, 5.41) is 12.5. The number of hydrogen-bond donors (Lipinski definition) is 2. The van der Waals surface area contributed by atoms with Crippen LogP contribution in [-0.2, 0) is 9.59 Å². The largest absolute Gasteiger partial charge is 0.481 e. The quantitative estimate of drug-likeness (QED) is 0.504. The van der Waals surface area contributed by atoms with E-state index in [1.54, 1.807) is 18.2 Å². The fourth-order valence-electron chi connectivity index (χ4n) is 3.29. The van der Waals surface area contributed by atoms with Gasteiger partial charge in [-0.2, -0.15) is 0 Å². The van der Waals surface area contributed by atoms with E-state index in [1.165, 1.54) is 13.0 Å². The Kier molecular flexibility index (Phi) is 7.07. The monoisotopic (exact) mass is 423 g/mol. The third-order valence-electron chi connectivity index (χ3n) is 4.94. The van der Waals surface area contributed by atoms with Crippen molar-refractivity contribution in [3.05, 3.63) is 65.0 Å². The Labute approximate surface area is 179 Å². The molecule has 3 aromatic rings. The van der Waals surface area contributed by atoms with E-state index >= 15 is 0 Å². The summed E-state index contributed by atoms with van der Waals surface area (Å²) in [4.78, 5) is 35.8. The lowest BCUT2D eigenvalue weighted by Gasteiger charge is -2.19. The molecule has 1 amide bonds. The summed E-state index contributed by atoms with van der Waals surface area (Å²) < 4.78 is 11.0. The molecule has 0 aliphatic rings. The number of rotatable bonds is 9. The number of carbonyl (C=O) groups is 2. The second-order valence-corrected chi connectivity index (χ2v) is 7.30. The Morgan fingerprint density at radius 2 is 1.87 bits per heavy atom. The fraction of sp³-hybridized carbons (Fsp3) is 0.292. The maximum Gasteiger partial charge on any atom is 0.336 e. The second kappa shape index (κ2) is 9.93. The number of fused-ring (bicyclic) bond motifs is 1. The predicted octanol–water partition coefficient (Wildman–Crippen LogP) is 3.99. The molecule has 31 heavy (non-hydrogen) atoms. The highest BCUT2D eigenvalue weighted by atomic mass is 16.5. The lowest BCUT2D eigenvalue weighted by atomic mass is 10.0. The van der Waals surface area contributed by atoms with E-state index in [4.69, 9.17) is 9.15 Å². The summed E-state index contributed by atoms with van der Waals surface area (Å²) in [7, 11) is 0. The number of unbranched alkanes of at least 4 members (excludes halogenated alkanes) is 1. The summed E-state index contributed by atoms with van der Waals surface area (Å²) in [6.07, 6.45) is 0.956. The van der Waals surface area contributed by atoms with Gasteiger partial charge in [-0.1, -0.05) is 50.1 Å². The van der Waals surface area contributed by atoms with Crippen molar-refractivity contribution in [3.8, 4) is 16.9 Å². The zero-order valence-electron chi connectivity index (χ0n) is 17.5. The maximum absolute atomic E-state index is 12.4. The molecule has 1 aromatic heterocycles. The molecule has 0 spiro atoms. The van der Waals surface area contributed by atoms with Crippen LogP contribution in [0.1, 0.15) is 33.1 Å². The first-order chi connectivity index (χ1) is 14.9. The van der Waals surface area contributed by atoms with Gasteiger partial charge in [0.15, 0.2) is 6.10 Å². The second-order valence-electron chi connectivity index (χ2n) is 7.30. The van der Waals surface area contributed by atoms with Crippen LogP contribution < -0.4 is 15.7 Å². The van der Waals surface area contributed by atoms with Gasteiger partial charge in [0, 0.05) is 17.5 Å². The average Bonchev–Trinajstić information content (AvgIpc) is 2.76. The van der Waals surface area contributed by atoms with E-state index in [-0.39, 0.29) is 0 Å². The molecule has 2 aromatic carbocycles. The van der Waals surface area contributed by atoms with Gasteiger partial charge >= 0.3 is 11.6 Å². The van der Waals surface area contributed by atoms with Crippen LogP contribution in [0.15, 0.2) is 63.8 Å². The molecule has 0 radical (unpaired) electrons. The van der Waals surface area contributed by atoms with Crippen molar-refractivity contribution in [2.75, 3.05) is 0 Å². The number of hydrogen-bond acceptors (Lipinski definition) is 5. The molecule has 2 N–H and O–H groups in total. The average molecular weight is 423 g/mol. The van der Waals surface area contributed by atoms with Gasteiger partial charge in [-0.15, -0.1) is 0 Å². The molecule has 3 rings (SSSR count). The Hall–Kier alpha value is -3.61. The van der Waals surface area contributed by atoms with Crippen molar-refractivity contribution in [1.29, 1.82) is 0 Å². The van der Waals surface area contributed by atoms with Crippen LogP contribution in [0.2, 0.25) is 0 Å². The molecule has 1 heterocycles. The standard InChI is InChI=1S/C24H25NO6/c1-3-4-10-20(24(28)29)25-23(27)15(2)30-17-11-12-18-19(16-8-6-5-7-9-16)14-22(26)31-21(18)13-17/h5-9,11-15,20H,3-4,10H2,1-2H3,(H,25,27)(H,28,29)/t15?,20-/m1/s1. The molecule has 0 aliphatic heterocycles. The van der Waals surface area contributed by atoms with Crippen molar-refractivity contribution in [1.82, 2.24) is 5.32 Å². The van der Waals surface area contributed by atoms with Gasteiger partial charge in [-0.3, -0.25) is 4.79 Å². The van der Waals surface area contributed by atoms with Crippen LogP contribution in [0.4, 0.5) is 0 Å². The number of aliphatic carboxylic acids is 1. The molecular formula is C24H25NO6. The van der Waals surface area contributed by atoms with Crippen molar-refractivity contribution in [2.45, 2.75) is 45.3 Å². The van der Waals surface area contributed by atoms with Gasteiger partial charge in [-0.25, -0.2) is 9.59 Å². The van der Waals surface area contributed by atoms with Gasteiger partial charge in [0.05, 0.1) is 0 Å². The van der Waals surface area contributed by atoms with Gasteiger partial charge in [0.1, 0.15) is 17.4 Å². The van der Waals surface area contributed by atoms with E-state index < -0.39 is 29.6 Å². The smallest absolute Gasteiger partial charge is 0.336 e. The number of carbonyl (C=O) groups excluding carboxylic acids is 1. The molecule has 7 heteroatoms. The first kappa shape index (κ1) is 22.1. The highest BCUT2D eigenvalue weighted by Crippen LogP contribution is 2.29. The topological polar surface area (TPSA) is 106 Å². The number of ether oxygens (including phenoxy) is 1. The Morgan fingerprint density at radius 3 is 2.55 bits per heavy atom. The molecule has 7 nitrogen and oxygen atoms in total. The molecule has 0 saturated heterocycles. The van der Waals surface area contributed by atoms with Gasteiger partial charge in [-0.05, 0) is 36.6 Å². The summed E-state index contributed by atoms with van der Waals surface area (Å²) >= 11 is 0.